The van der Waals surface area contributed by atoms with E-state index in [1.807, 2.05) is 0 Å². The van der Waals surface area contributed by atoms with Crippen LogP contribution in [0.15, 0.2) is 121 Å². The summed E-state index contributed by atoms with van der Waals surface area (Å²) >= 11 is 0. The third-order valence-electron chi connectivity index (χ3n) is 10.0. The van der Waals surface area contributed by atoms with E-state index in [1.165, 1.54) is 44.0 Å². The molecule has 4 nitrogen and oxygen atoms in total. The van der Waals surface area contributed by atoms with Crippen LogP contribution in [0.3, 0.4) is 0 Å². The number of nitrogens with zero attached hydrogens (tertiary/aromatic N) is 2. The van der Waals surface area contributed by atoms with Gasteiger partial charge < -0.3 is 19.8 Å². The topological polar surface area (TPSA) is 30.5 Å². The Hall–Kier alpha value is -3.69. The summed E-state index contributed by atoms with van der Waals surface area (Å²) in [7, 11) is 4.53. The van der Waals surface area contributed by atoms with Gasteiger partial charge in [-0.05, 0) is 63.0 Å². The van der Waals surface area contributed by atoms with Crippen LogP contribution in [0.5, 0.6) is 0 Å². The lowest BCUT2D eigenvalue weighted by Crippen LogP contribution is -2.66. The van der Waals surface area contributed by atoms with Crippen molar-refractivity contribution in [3.63, 3.8) is 0 Å². The first-order valence-electron chi connectivity index (χ1n) is 18.1. The SMILES string of the molecule is CN(C)C1=CC([Si@@](C)(NC(C)(C)C)c2ccccc2)c2ccccc21.CN(C)C1=CC([Si@](C)(NC(C)(C)C)c2ccccc2)c2ccccc21. The number of hydrogen-bond acceptors (Lipinski definition) is 4. The molecule has 6 rings (SSSR count). The summed E-state index contributed by atoms with van der Waals surface area (Å²) in [5.41, 5.74) is 9.33. The van der Waals surface area contributed by atoms with Crippen LogP contribution in [-0.2, 0) is 0 Å². The summed E-state index contributed by atoms with van der Waals surface area (Å²) in [5, 5.41) is 2.92. The molecule has 0 saturated heterocycles. The molecule has 4 aromatic carbocycles. The standard InChI is InChI=1S/2C22H30N2Si/c2*1-22(2,3)23-25(6,17-12-8-7-9-13-17)21-16-20(24(4)5)18-14-10-11-15-19(18)21/h2*7-16,21,23H,1-6H3/t2*21?,25-/m10/s1. The highest BCUT2D eigenvalue weighted by Crippen LogP contribution is 2.42. The largest absolute Gasteiger partial charge is 0.377 e. The zero-order valence-corrected chi connectivity index (χ0v) is 34.6. The molecule has 2 unspecified atom stereocenters. The number of fused-ring (bicyclic) bond motifs is 2. The minimum absolute atomic E-state index is 0.0699. The quantitative estimate of drug-likeness (QED) is 0.182. The first kappa shape index (κ1) is 37.6. The van der Waals surface area contributed by atoms with E-state index < -0.39 is 16.5 Å². The van der Waals surface area contributed by atoms with Crippen molar-refractivity contribution in [2.24, 2.45) is 0 Å². The lowest BCUT2D eigenvalue weighted by atomic mass is 10.1. The van der Waals surface area contributed by atoms with E-state index in [9.17, 15) is 0 Å². The van der Waals surface area contributed by atoms with E-state index in [-0.39, 0.29) is 11.1 Å². The van der Waals surface area contributed by atoms with Gasteiger partial charge in [0, 0.05) is 72.9 Å². The second-order valence-electron chi connectivity index (χ2n) is 16.9. The predicted molar refractivity (Wildman–Crippen MR) is 223 cm³/mol. The Labute approximate surface area is 305 Å². The Morgan fingerprint density at radius 2 is 0.760 bits per heavy atom. The van der Waals surface area contributed by atoms with Gasteiger partial charge in [0.2, 0.25) is 0 Å². The van der Waals surface area contributed by atoms with Crippen molar-refractivity contribution in [1.82, 2.24) is 19.8 Å². The summed E-state index contributed by atoms with van der Waals surface area (Å²) in [4.78, 5) is 12.6. The zero-order valence-electron chi connectivity index (χ0n) is 32.6. The molecule has 2 aliphatic rings. The molecule has 0 bridgehead atoms. The zero-order chi connectivity index (χ0) is 36.5. The highest BCUT2D eigenvalue weighted by Gasteiger charge is 2.46. The van der Waals surface area contributed by atoms with Crippen molar-refractivity contribution in [1.29, 1.82) is 0 Å². The minimum Gasteiger partial charge on any atom is -0.377 e. The molecule has 0 aromatic heterocycles. The minimum atomic E-state index is -2.02. The molecule has 0 saturated carbocycles. The van der Waals surface area contributed by atoms with Crippen LogP contribution in [0, 0.1) is 0 Å². The fourth-order valence-corrected chi connectivity index (χ4v) is 17.1. The van der Waals surface area contributed by atoms with E-state index in [1.54, 1.807) is 0 Å². The van der Waals surface area contributed by atoms with Crippen LogP contribution >= 0.6 is 0 Å². The molecule has 4 atom stereocenters. The fraction of sp³-hybridized carbons (Fsp3) is 0.364. The monoisotopic (exact) mass is 700 g/mol. The van der Waals surface area contributed by atoms with Crippen molar-refractivity contribution in [3.8, 4) is 0 Å². The van der Waals surface area contributed by atoms with Crippen LogP contribution in [0.1, 0.15) is 74.9 Å². The molecule has 0 spiro atoms. The molecule has 6 heteroatoms. The summed E-state index contributed by atoms with van der Waals surface area (Å²) in [5.74, 6) is 0. The average molecular weight is 701 g/mol. The van der Waals surface area contributed by atoms with Gasteiger partial charge in [-0.15, -0.1) is 0 Å². The number of benzene rings is 4. The van der Waals surface area contributed by atoms with Crippen molar-refractivity contribution in [2.45, 2.75) is 76.8 Å². The smallest absolute Gasteiger partial charge is 0.166 e. The summed E-state index contributed by atoms with van der Waals surface area (Å²) < 4.78 is 0. The van der Waals surface area contributed by atoms with Gasteiger partial charge in [-0.3, -0.25) is 0 Å². The summed E-state index contributed by atoms with van der Waals surface area (Å²) in [6.07, 6.45) is 4.98. The second kappa shape index (κ2) is 14.5. The highest BCUT2D eigenvalue weighted by molar-refractivity contribution is 6.91. The summed E-state index contributed by atoms with van der Waals surface area (Å²) in [6, 6.07) is 39.9. The van der Waals surface area contributed by atoms with Crippen LogP contribution in [0.2, 0.25) is 13.1 Å². The Morgan fingerprint density at radius 3 is 1.06 bits per heavy atom. The van der Waals surface area contributed by atoms with Crippen LogP contribution < -0.4 is 20.3 Å². The second-order valence-corrected chi connectivity index (χ2v) is 24.6. The van der Waals surface area contributed by atoms with Gasteiger partial charge in [-0.1, -0.05) is 134 Å². The number of allylic oxidation sites excluding steroid dienone is 2. The van der Waals surface area contributed by atoms with Gasteiger partial charge in [0.25, 0.3) is 0 Å². The first-order valence-corrected chi connectivity index (χ1v) is 23.3. The molecule has 0 heterocycles. The van der Waals surface area contributed by atoms with Gasteiger partial charge >= 0.3 is 0 Å². The molecule has 50 heavy (non-hydrogen) atoms. The molecular weight excluding hydrogens is 641 g/mol. The first-order chi connectivity index (χ1) is 23.4. The Bertz CT molecular complexity index is 1680. The molecule has 2 aliphatic carbocycles. The Kier molecular flexibility index (Phi) is 10.9. The van der Waals surface area contributed by atoms with Crippen LogP contribution in [0.4, 0.5) is 0 Å². The van der Waals surface area contributed by atoms with Gasteiger partial charge in [-0.25, -0.2) is 0 Å². The molecule has 0 radical (unpaired) electrons. The maximum Gasteiger partial charge on any atom is 0.166 e. The Balaban J connectivity index is 0.000000194. The fourth-order valence-electron chi connectivity index (χ4n) is 8.20. The number of rotatable bonds is 8. The third-order valence-corrected chi connectivity index (χ3v) is 19.1. The maximum atomic E-state index is 4.07. The normalized spacial score (nSPS) is 19.1. The third kappa shape index (κ3) is 7.94. The van der Waals surface area contributed by atoms with Gasteiger partial charge in [0.1, 0.15) is 0 Å². The molecule has 0 fully saturated rings. The van der Waals surface area contributed by atoms with E-state index >= 15 is 0 Å². The van der Waals surface area contributed by atoms with E-state index in [4.69, 9.17) is 0 Å². The summed E-state index contributed by atoms with van der Waals surface area (Å²) in [6.45, 7) is 18.6. The van der Waals surface area contributed by atoms with Crippen molar-refractivity contribution < 1.29 is 0 Å². The predicted octanol–water partition coefficient (Wildman–Crippen LogP) is 8.19. The van der Waals surface area contributed by atoms with Crippen LogP contribution in [-0.4, -0.2) is 65.5 Å². The molecular formula is C44H60N4Si2. The van der Waals surface area contributed by atoms with Gasteiger partial charge in [0.15, 0.2) is 16.5 Å². The van der Waals surface area contributed by atoms with Crippen molar-refractivity contribution in [3.05, 3.63) is 144 Å². The molecule has 2 N–H and O–H groups in total. The lowest BCUT2D eigenvalue weighted by molar-refractivity contribution is 0.510. The number of nitrogens with one attached hydrogen (secondary N) is 2. The van der Waals surface area contributed by atoms with E-state index in [0.29, 0.717) is 11.1 Å². The average Bonchev–Trinajstić information content (AvgIpc) is 3.65. The van der Waals surface area contributed by atoms with Crippen molar-refractivity contribution in [2.75, 3.05) is 28.2 Å². The molecule has 264 valence electrons. The van der Waals surface area contributed by atoms with Crippen molar-refractivity contribution >= 4 is 38.2 Å². The van der Waals surface area contributed by atoms with Gasteiger partial charge in [-0.2, -0.15) is 0 Å². The van der Waals surface area contributed by atoms with E-state index in [0.717, 1.165) is 0 Å². The van der Waals surface area contributed by atoms with E-state index in [2.05, 4.69) is 224 Å². The maximum absolute atomic E-state index is 4.07. The highest BCUT2D eigenvalue weighted by atomic mass is 28.3. The molecule has 4 aromatic rings. The van der Waals surface area contributed by atoms with Gasteiger partial charge in [0.05, 0.1) is 0 Å². The Morgan fingerprint density at radius 1 is 0.460 bits per heavy atom. The molecule has 0 aliphatic heterocycles. The molecule has 0 amide bonds. The number of hydrogen-bond donors (Lipinski definition) is 2. The lowest BCUT2D eigenvalue weighted by Gasteiger charge is -2.40. The van der Waals surface area contributed by atoms with Crippen LogP contribution in [0.25, 0.3) is 11.4 Å².